The van der Waals surface area contributed by atoms with Crippen molar-refractivity contribution in [1.82, 2.24) is 29.8 Å². The summed E-state index contributed by atoms with van der Waals surface area (Å²) >= 11 is 0.749. The third kappa shape index (κ3) is 5.06. The van der Waals surface area contributed by atoms with Crippen molar-refractivity contribution in [1.29, 1.82) is 0 Å². The molecular weight excluding hydrogens is 520 g/mol. The lowest BCUT2D eigenvalue weighted by molar-refractivity contribution is 0.140. The number of sulfonamides is 1. The van der Waals surface area contributed by atoms with Crippen LogP contribution >= 0.6 is 11.3 Å². The molecule has 2 atom stereocenters. The van der Waals surface area contributed by atoms with Gasteiger partial charge in [0.25, 0.3) is 6.43 Å². The quantitative estimate of drug-likeness (QED) is 0.467. The van der Waals surface area contributed by atoms with Gasteiger partial charge in [0, 0.05) is 36.1 Å². The number of benzene rings is 1. The van der Waals surface area contributed by atoms with Crippen molar-refractivity contribution in [3.05, 3.63) is 23.0 Å². The number of fused-ring (bicyclic) bond motifs is 1. The summed E-state index contributed by atoms with van der Waals surface area (Å²) in [5.41, 5.74) is 1.09. The smallest absolute Gasteiger partial charge is 0.291 e. The first kappa shape index (κ1) is 26.3. The van der Waals surface area contributed by atoms with E-state index >= 15 is 0 Å². The van der Waals surface area contributed by atoms with E-state index in [9.17, 15) is 17.2 Å². The Morgan fingerprint density at radius 1 is 1.16 bits per heavy atom. The molecule has 2 aliphatic rings. The van der Waals surface area contributed by atoms with Crippen LogP contribution in [-0.2, 0) is 10.0 Å². The molecule has 1 saturated carbocycles. The molecule has 1 aliphatic heterocycles. The van der Waals surface area contributed by atoms with Crippen LogP contribution in [0, 0.1) is 6.92 Å². The third-order valence-corrected chi connectivity index (χ3v) is 9.75. The zero-order chi connectivity index (χ0) is 26.7. The summed E-state index contributed by atoms with van der Waals surface area (Å²) in [7, 11) is -3.86. The standard InChI is InChI=1S/C24H31F2N7O2S2/c1-6-33-13(2)11-32(12-14(33)3)18-10-16(37(34,35)31-24(5)7-8-24)9-17-19(18)27-15(4)28-20(17)22-29-30-23(36-22)21(25)26/h9-10,13-14,21,31H,6-8,11-12H2,1-5H3/t13-,14-/m0/s1. The van der Waals surface area contributed by atoms with Gasteiger partial charge in [-0.15, -0.1) is 10.2 Å². The van der Waals surface area contributed by atoms with E-state index in [2.05, 4.69) is 50.5 Å². The maximum atomic E-state index is 13.5. The maximum absolute atomic E-state index is 13.5. The van der Waals surface area contributed by atoms with Crippen molar-refractivity contribution in [3.8, 4) is 10.7 Å². The summed E-state index contributed by atoms with van der Waals surface area (Å²) in [5.74, 6) is 0.435. The van der Waals surface area contributed by atoms with Crippen LogP contribution in [0.15, 0.2) is 17.0 Å². The number of nitrogens with one attached hydrogen (secondary N) is 1. The minimum atomic E-state index is -3.86. The largest absolute Gasteiger partial charge is 0.367 e. The monoisotopic (exact) mass is 551 g/mol. The Morgan fingerprint density at radius 2 is 1.84 bits per heavy atom. The van der Waals surface area contributed by atoms with Crippen molar-refractivity contribution >= 4 is 38.0 Å². The van der Waals surface area contributed by atoms with E-state index < -0.39 is 27.0 Å². The molecule has 37 heavy (non-hydrogen) atoms. The first-order valence-corrected chi connectivity index (χ1v) is 14.7. The minimum Gasteiger partial charge on any atom is -0.367 e. The highest BCUT2D eigenvalue weighted by atomic mass is 32.2. The molecule has 3 aromatic rings. The van der Waals surface area contributed by atoms with Gasteiger partial charge < -0.3 is 4.90 Å². The molecule has 1 saturated heterocycles. The molecule has 3 heterocycles. The highest BCUT2D eigenvalue weighted by molar-refractivity contribution is 7.89. The highest BCUT2D eigenvalue weighted by Crippen LogP contribution is 2.40. The number of hydrogen-bond donors (Lipinski definition) is 1. The maximum Gasteiger partial charge on any atom is 0.291 e. The summed E-state index contributed by atoms with van der Waals surface area (Å²) in [5, 5.41) is 7.81. The minimum absolute atomic E-state index is 0.0913. The Labute approximate surface area is 219 Å². The predicted molar refractivity (Wildman–Crippen MR) is 140 cm³/mol. The van der Waals surface area contributed by atoms with Gasteiger partial charge in [-0.05, 0) is 59.2 Å². The molecule has 13 heteroatoms. The van der Waals surface area contributed by atoms with Crippen LogP contribution in [-0.4, -0.2) is 70.7 Å². The molecule has 1 N–H and O–H groups in total. The van der Waals surface area contributed by atoms with Crippen molar-refractivity contribution in [2.45, 2.75) is 76.4 Å². The van der Waals surface area contributed by atoms with E-state index in [0.29, 0.717) is 41.2 Å². The lowest BCUT2D eigenvalue weighted by Crippen LogP contribution is -2.56. The molecule has 2 fully saturated rings. The van der Waals surface area contributed by atoms with Gasteiger partial charge in [0.1, 0.15) is 11.5 Å². The predicted octanol–water partition coefficient (Wildman–Crippen LogP) is 4.14. The molecule has 200 valence electrons. The zero-order valence-electron chi connectivity index (χ0n) is 21.5. The zero-order valence-corrected chi connectivity index (χ0v) is 23.1. The fourth-order valence-electron chi connectivity index (χ4n) is 5.13. The number of piperazine rings is 1. The van der Waals surface area contributed by atoms with E-state index in [0.717, 1.165) is 30.7 Å². The lowest BCUT2D eigenvalue weighted by atomic mass is 10.1. The van der Waals surface area contributed by atoms with Gasteiger partial charge in [-0.25, -0.2) is 31.9 Å². The van der Waals surface area contributed by atoms with Crippen LogP contribution in [0.4, 0.5) is 14.5 Å². The average Bonchev–Trinajstić information content (AvgIpc) is 3.32. The van der Waals surface area contributed by atoms with Crippen LogP contribution in [0.5, 0.6) is 0 Å². The molecule has 1 aromatic carbocycles. The fraction of sp³-hybridized carbons (Fsp3) is 0.583. The Hall–Kier alpha value is -2.35. The SMILES string of the molecule is CCN1[C@@H](C)CN(c2cc(S(=O)(=O)NC3(C)CC3)cc3c(-c4nnc(C(F)F)s4)nc(C)nc23)C[C@@H]1C. The number of rotatable bonds is 7. The molecule has 0 spiro atoms. The van der Waals surface area contributed by atoms with E-state index in [1.807, 2.05) is 6.92 Å². The molecule has 0 amide bonds. The van der Waals surface area contributed by atoms with Crippen LogP contribution in [0.1, 0.15) is 57.8 Å². The van der Waals surface area contributed by atoms with Gasteiger partial charge in [-0.2, -0.15) is 0 Å². The van der Waals surface area contributed by atoms with Gasteiger partial charge >= 0.3 is 0 Å². The lowest BCUT2D eigenvalue weighted by Gasteiger charge is -2.45. The Balaban J connectivity index is 1.72. The first-order chi connectivity index (χ1) is 17.4. The summed E-state index contributed by atoms with van der Waals surface area (Å²) < 4.78 is 56.4. The van der Waals surface area contributed by atoms with E-state index in [1.54, 1.807) is 13.0 Å². The number of halogens is 2. The van der Waals surface area contributed by atoms with Gasteiger partial charge in [0.05, 0.1) is 16.1 Å². The van der Waals surface area contributed by atoms with Gasteiger partial charge in [0.15, 0.2) is 10.0 Å². The number of aryl methyl sites for hydroxylation is 1. The van der Waals surface area contributed by atoms with Gasteiger partial charge in [-0.3, -0.25) is 4.90 Å². The molecule has 9 nitrogen and oxygen atoms in total. The number of nitrogens with zero attached hydrogens (tertiary/aromatic N) is 6. The molecule has 0 radical (unpaired) electrons. The van der Waals surface area contributed by atoms with Crippen LogP contribution < -0.4 is 9.62 Å². The average molecular weight is 552 g/mol. The van der Waals surface area contributed by atoms with Crippen molar-refractivity contribution in [3.63, 3.8) is 0 Å². The van der Waals surface area contributed by atoms with E-state index in [1.165, 1.54) is 6.07 Å². The second-order valence-electron chi connectivity index (χ2n) is 10.3. The summed E-state index contributed by atoms with van der Waals surface area (Å²) in [6, 6.07) is 3.69. The summed E-state index contributed by atoms with van der Waals surface area (Å²) in [6.45, 7) is 12.3. The Morgan fingerprint density at radius 3 is 2.41 bits per heavy atom. The Kier molecular flexibility index (Phi) is 6.70. The molecule has 0 bridgehead atoms. The molecule has 0 unspecified atom stereocenters. The molecular formula is C24H31F2N7O2S2. The van der Waals surface area contributed by atoms with Gasteiger partial charge in [-0.1, -0.05) is 18.3 Å². The van der Waals surface area contributed by atoms with Crippen molar-refractivity contribution in [2.75, 3.05) is 24.5 Å². The Bertz CT molecular complexity index is 1430. The number of anilines is 1. The second-order valence-corrected chi connectivity index (χ2v) is 13.0. The number of alkyl halides is 2. The van der Waals surface area contributed by atoms with E-state index in [-0.39, 0.29) is 22.0 Å². The van der Waals surface area contributed by atoms with Crippen molar-refractivity contribution in [2.24, 2.45) is 0 Å². The second kappa shape index (κ2) is 9.44. The van der Waals surface area contributed by atoms with Crippen LogP contribution in [0.3, 0.4) is 0 Å². The summed E-state index contributed by atoms with van der Waals surface area (Å²) in [6.07, 6.45) is -1.21. The van der Waals surface area contributed by atoms with E-state index in [4.69, 9.17) is 4.98 Å². The fourth-order valence-corrected chi connectivity index (χ4v) is 7.34. The van der Waals surface area contributed by atoms with Crippen LogP contribution in [0.2, 0.25) is 0 Å². The van der Waals surface area contributed by atoms with Crippen LogP contribution in [0.25, 0.3) is 21.6 Å². The summed E-state index contributed by atoms with van der Waals surface area (Å²) in [4.78, 5) is 13.9. The normalized spacial score (nSPS) is 22.2. The molecule has 2 aromatic heterocycles. The topological polar surface area (TPSA) is 104 Å². The van der Waals surface area contributed by atoms with Gasteiger partial charge in [0.2, 0.25) is 10.0 Å². The third-order valence-electron chi connectivity index (χ3n) is 7.19. The number of hydrogen-bond acceptors (Lipinski definition) is 9. The molecule has 5 rings (SSSR count). The highest BCUT2D eigenvalue weighted by Gasteiger charge is 2.41. The first-order valence-electron chi connectivity index (χ1n) is 12.4. The number of likely N-dealkylation sites (N-methyl/N-ethyl adjacent to an activating group) is 1. The molecule has 1 aliphatic carbocycles. The van der Waals surface area contributed by atoms with Crippen molar-refractivity contribution < 1.29 is 17.2 Å². The number of aromatic nitrogens is 4.